The maximum Gasteiger partial charge on any atom is 0.325 e. The average molecular weight is 239 g/mol. The number of pyridine rings is 1. The van der Waals surface area contributed by atoms with E-state index >= 15 is 0 Å². The van der Waals surface area contributed by atoms with Crippen molar-refractivity contribution in [2.24, 2.45) is 0 Å². The Morgan fingerprint density at radius 1 is 1.65 bits per heavy atom. The zero-order chi connectivity index (χ0) is 13.0. The monoisotopic (exact) mass is 239 g/mol. The summed E-state index contributed by atoms with van der Waals surface area (Å²) < 4.78 is 4.49. The molecule has 0 aromatic carbocycles. The Kier molecular flexibility index (Phi) is 3.97. The fraction of sp³-hybridized carbons (Fsp3) is 0.400. The molecule has 0 aliphatic heterocycles. The molecule has 0 aliphatic rings. The van der Waals surface area contributed by atoms with E-state index in [4.69, 9.17) is 0 Å². The molecule has 0 bridgehead atoms. The molecule has 0 radical (unpaired) electrons. The molecule has 0 amide bonds. The van der Waals surface area contributed by atoms with Crippen LogP contribution in [0.5, 0.6) is 0 Å². The van der Waals surface area contributed by atoms with Crippen molar-refractivity contribution < 1.29 is 14.5 Å². The van der Waals surface area contributed by atoms with Crippen LogP contribution in [0.3, 0.4) is 0 Å². The van der Waals surface area contributed by atoms with Gasteiger partial charge in [-0.05, 0) is 13.0 Å². The van der Waals surface area contributed by atoms with Crippen LogP contribution in [0.1, 0.15) is 5.56 Å². The summed E-state index contributed by atoms with van der Waals surface area (Å²) in [5.74, 6) is -0.328. The van der Waals surface area contributed by atoms with Crippen LogP contribution in [0, 0.1) is 17.0 Å². The molecule has 0 unspecified atom stereocenters. The molecule has 92 valence electrons. The van der Waals surface area contributed by atoms with E-state index in [-0.39, 0.29) is 18.1 Å². The lowest BCUT2D eigenvalue weighted by Crippen LogP contribution is -2.27. The smallest absolute Gasteiger partial charge is 0.325 e. The highest BCUT2D eigenvalue weighted by Crippen LogP contribution is 2.27. The van der Waals surface area contributed by atoms with E-state index in [1.165, 1.54) is 18.2 Å². The van der Waals surface area contributed by atoms with Gasteiger partial charge in [0.1, 0.15) is 6.54 Å². The van der Waals surface area contributed by atoms with Gasteiger partial charge in [-0.2, -0.15) is 0 Å². The zero-order valence-electron chi connectivity index (χ0n) is 9.84. The molecule has 0 aliphatic carbocycles. The van der Waals surface area contributed by atoms with Gasteiger partial charge in [-0.15, -0.1) is 0 Å². The molecular formula is C10H13N3O4. The number of carbonyl (C=O) groups excluding carboxylic acids is 1. The summed E-state index contributed by atoms with van der Waals surface area (Å²) in [6, 6.07) is 1.55. The Labute approximate surface area is 98.2 Å². The highest BCUT2D eigenvalue weighted by atomic mass is 16.6. The Balaban J connectivity index is 3.09. The average Bonchev–Trinajstić information content (AvgIpc) is 2.27. The number of aryl methyl sites for hydroxylation is 1. The maximum absolute atomic E-state index is 11.1. The number of likely N-dealkylation sites (N-methyl/N-ethyl adjacent to an activating group) is 1. The quantitative estimate of drug-likeness (QED) is 0.441. The summed E-state index contributed by atoms with van der Waals surface area (Å²) in [4.78, 5) is 26.8. The lowest BCUT2D eigenvalue weighted by molar-refractivity contribution is -0.384. The highest BCUT2D eigenvalue weighted by Gasteiger charge is 2.22. The van der Waals surface area contributed by atoms with Crippen molar-refractivity contribution in [2.75, 3.05) is 25.6 Å². The Hall–Kier alpha value is -2.18. The van der Waals surface area contributed by atoms with Crippen LogP contribution in [0.4, 0.5) is 11.5 Å². The van der Waals surface area contributed by atoms with Gasteiger partial charge in [0, 0.05) is 18.8 Å². The van der Waals surface area contributed by atoms with E-state index in [1.54, 1.807) is 20.0 Å². The number of esters is 1. The zero-order valence-corrected chi connectivity index (χ0v) is 9.84. The molecular weight excluding hydrogens is 226 g/mol. The van der Waals surface area contributed by atoms with Crippen LogP contribution < -0.4 is 4.90 Å². The van der Waals surface area contributed by atoms with Crippen molar-refractivity contribution in [1.82, 2.24) is 4.98 Å². The molecule has 17 heavy (non-hydrogen) atoms. The van der Waals surface area contributed by atoms with E-state index in [9.17, 15) is 14.9 Å². The highest BCUT2D eigenvalue weighted by molar-refractivity contribution is 5.76. The number of rotatable bonds is 4. The lowest BCUT2D eigenvalue weighted by Gasteiger charge is -2.16. The Morgan fingerprint density at radius 2 is 2.29 bits per heavy atom. The molecule has 0 spiro atoms. The van der Waals surface area contributed by atoms with E-state index < -0.39 is 10.9 Å². The number of carbonyl (C=O) groups is 1. The van der Waals surface area contributed by atoms with Crippen LogP contribution in [0.15, 0.2) is 12.3 Å². The molecule has 1 aromatic rings. The summed E-state index contributed by atoms with van der Waals surface area (Å²) in [5.41, 5.74) is 0.399. The predicted octanol–water partition coefficient (Wildman–Crippen LogP) is 0.907. The minimum Gasteiger partial charge on any atom is -0.468 e. The normalized spacial score (nSPS) is 9.82. The number of ether oxygens (including phenoxy) is 1. The number of hydrogen-bond acceptors (Lipinski definition) is 6. The van der Waals surface area contributed by atoms with E-state index in [0.29, 0.717) is 5.56 Å². The van der Waals surface area contributed by atoms with Gasteiger partial charge >= 0.3 is 11.7 Å². The first kappa shape index (κ1) is 12.9. The van der Waals surface area contributed by atoms with Crippen molar-refractivity contribution in [3.8, 4) is 0 Å². The molecule has 1 rings (SSSR count). The van der Waals surface area contributed by atoms with Gasteiger partial charge in [0.15, 0.2) is 0 Å². The second kappa shape index (κ2) is 5.24. The summed E-state index contributed by atoms with van der Waals surface area (Å²) in [6.45, 7) is 1.53. The molecule has 7 nitrogen and oxygen atoms in total. The summed E-state index contributed by atoms with van der Waals surface area (Å²) >= 11 is 0. The second-order valence-electron chi connectivity index (χ2n) is 3.49. The lowest BCUT2D eigenvalue weighted by atomic mass is 10.2. The number of methoxy groups -OCH3 is 1. The first-order valence-electron chi connectivity index (χ1n) is 4.85. The van der Waals surface area contributed by atoms with E-state index in [1.807, 2.05) is 0 Å². The molecule has 0 saturated heterocycles. The largest absolute Gasteiger partial charge is 0.468 e. The minimum absolute atomic E-state index is 0.0895. The van der Waals surface area contributed by atoms with Crippen molar-refractivity contribution >= 4 is 17.5 Å². The summed E-state index contributed by atoms with van der Waals surface area (Å²) in [7, 11) is 2.81. The molecule has 0 saturated carbocycles. The first-order chi connectivity index (χ1) is 7.97. The Bertz CT molecular complexity index is 447. The number of nitrogens with zero attached hydrogens (tertiary/aromatic N) is 3. The van der Waals surface area contributed by atoms with Crippen molar-refractivity contribution in [3.05, 3.63) is 27.9 Å². The van der Waals surface area contributed by atoms with Crippen LogP contribution in [-0.2, 0) is 9.53 Å². The van der Waals surface area contributed by atoms with Gasteiger partial charge in [-0.1, -0.05) is 0 Å². The summed E-state index contributed by atoms with van der Waals surface area (Å²) in [6.07, 6.45) is 1.46. The fourth-order valence-corrected chi connectivity index (χ4v) is 1.37. The van der Waals surface area contributed by atoms with Gasteiger partial charge in [0.25, 0.3) is 0 Å². The number of nitro groups is 1. The van der Waals surface area contributed by atoms with Crippen LogP contribution >= 0.6 is 0 Å². The van der Waals surface area contributed by atoms with Crippen molar-refractivity contribution in [2.45, 2.75) is 6.92 Å². The first-order valence-corrected chi connectivity index (χ1v) is 4.85. The molecule has 1 aromatic heterocycles. The molecule has 0 N–H and O–H groups in total. The standard InChI is InChI=1S/C10H13N3O4/c1-7-4-5-11-10(9(7)13(15)16)12(2)6-8(14)17-3/h4-5H,6H2,1-3H3. The maximum atomic E-state index is 11.1. The number of anilines is 1. The van der Waals surface area contributed by atoms with Crippen molar-refractivity contribution in [3.63, 3.8) is 0 Å². The summed E-state index contributed by atoms with van der Waals surface area (Å²) in [5, 5.41) is 10.9. The van der Waals surface area contributed by atoms with Crippen LogP contribution in [0.25, 0.3) is 0 Å². The van der Waals surface area contributed by atoms with Gasteiger partial charge in [-0.25, -0.2) is 4.98 Å². The number of aromatic nitrogens is 1. The van der Waals surface area contributed by atoms with Crippen LogP contribution in [-0.4, -0.2) is 36.6 Å². The topological polar surface area (TPSA) is 85.6 Å². The predicted molar refractivity (Wildman–Crippen MR) is 60.9 cm³/mol. The third-order valence-electron chi connectivity index (χ3n) is 2.24. The van der Waals surface area contributed by atoms with Gasteiger partial charge in [0.05, 0.1) is 12.0 Å². The van der Waals surface area contributed by atoms with Gasteiger partial charge < -0.3 is 9.64 Å². The molecule has 0 fully saturated rings. The van der Waals surface area contributed by atoms with E-state index in [2.05, 4.69) is 9.72 Å². The molecule has 0 atom stereocenters. The number of hydrogen-bond donors (Lipinski definition) is 0. The minimum atomic E-state index is -0.508. The van der Waals surface area contributed by atoms with Crippen LogP contribution in [0.2, 0.25) is 0 Å². The third kappa shape index (κ3) is 2.90. The Morgan fingerprint density at radius 3 is 2.82 bits per heavy atom. The molecule has 7 heteroatoms. The van der Waals surface area contributed by atoms with Crippen molar-refractivity contribution in [1.29, 1.82) is 0 Å². The van der Waals surface area contributed by atoms with E-state index in [0.717, 1.165) is 0 Å². The molecule has 1 heterocycles. The third-order valence-corrected chi connectivity index (χ3v) is 2.24. The van der Waals surface area contributed by atoms with Gasteiger partial charge in [-0.3, -0.25) is 14.9 Å². The SMILES string of the molecule is COC(=O)CN(C)c1nccc(C)c1[N+](=O)[O-]. The van der Waals surface area contributed by atoms with Gasteiger partial charge in [0.2, 0.25) is 5.82 Å². The second-order valence-corrected chi connectivity index (χ2v) is 3.49. The fourth-order valence-electron chi connectivity index (χ4n) is 1.37.